The van der Waals surface area contributed by atoms with Crippen LogP contribution >= 0.6 is 0 Å². The zero-order valence-corrected chi connectivity index (χ0v) is 18.6. The van der Waals surface area contributed by atoms with Gasteiger partial charge in [-0.2, -0.15) is 9.07 Å². The Hall–Kier alpha value is -4.12. The molecule has 9 nitrogen and oxygen atoms in total. The van der Waals surface area contributed by atoms with E-state index < -0.39 is 11.6 Å². The normalized spacial score (nSPS) is 10.9. The third-order valence-corrected chi connectivity index (χ3v) is 5.14. The molecule has 0 aliphatic rings. The van der Waals surface area contributed by atoms with Gasteiger partial charge in [-0.25, -0.2) is 9.37 Å². The third kappa shape index (κ3) is 4.64. The van der Waals surface area contributed by atoms with Crippen LogP contribution in [0.1, 0.15) is 6.42 Å². The van der Waals surface area contributed by atoms with Gasteiger partial charge in [-0.3, -0.25) is 0 Å². The Morgan fingerprint density at radius 1 is 1.06 bits per heavy atom. The zero-order chi connectivity index (χ0) is 24.1. The van der Waals surface area contributed by atoms with E-state index in [9.17, 15) is 8.78 Å². The summed E-state index contributed by atoms with van der Waals surface area (Å²) in [6.07, 6.45) is 2.25. The number of ether oxygens (including phenoxy) is 2. The van der Waals surface area contributed by atoms with Crippen molar-refractivity contribution >= 4 is 5.82 Å². The summed E-state index contributed by atoms with van der Waals surface area (Å²) in [6.45, 7) is 0.939. The molecule has 2 aromatic heterocycles. The van der Waals surface area contributed by atoms with E-state index in [1.54, 1.807) is 26.4 Å². The SMILES string of the molecule is CNCCCOc1ccc(-n2nnnc2-c2cc(-c3ccc(OC)cc3)cnc2N)c(F)c1F. The molecular weight excluding hydrogens is 444 g/mol. The van der Waals surface area contributed by atoms with Crippen LogP contribution in [0.15, 0.2) is 48.7 Å². The second-order valence-corrected chi connectivity index (χ2v) is 7.32. The first-order valence-electron chi connectivity index (χ1n) is 10.5. The molecule has 3 N–H and O–H groups in total. The molecule has 0 atom stereocenters. The molecule has 2 heterocycles. The maximum atomic E-state index is 15.0. The molecular formula is C23H23F2N7O2. The van der Waals surface area contributed by atoms with Gasteiger partial charge in [0.05, 0.1) is 19.3 Å². The molecule has 34 heavy (non-hydrogen) atoms. The Morgan fingerprint density at radius 2 is 1.85 bits per heavy atom. The summed E-state index contributed by atoms with van der Waals surface area (Å²) < 4.78 is 41.3. The maximum absolute atomic E-state index is 15.0. The van der Waals surface area contributed by atoms with E-state index in [0.29, 0.717) is 24.3 Å². The number of nitrogen functional groups attached to an aromatic ring is 1. The molecule has 4 rings (SSSR count). The van der Waals surface area contributed by atoms with Crippen molar-refractivity contribution in [2.24, 2.45) is 0 Å². The summed E-state index contributed by atoms with van der Waals surface area (Å²) in [5, 5.41) is 14.4. The van der Waals surface area contributed by atoms with Crippen LogP contribution in [0.5, 0.6) is 11.5 Å². The van der Waals surface area contributed by atoms with Gasteiger partial charge in [0.2, 0.25) is 5.82 Å². The monoisotopic (exact) mass is 467 g/mol. The van der Waals surface area contributed by atoms with E-state index in [4.69, 9.17) is 15.2 Å². The number of halogens is 2. The Labute approximate surface area is 194 Å². The topological polar surface area (TPSA) is 113 Å². The molecule has 0 aliphatic heterocycles. The number of hydrogen-bond acceptors (Lipinski definition) is 8. The van der Waals surface area contributed by atoms with Crippen molar-refractivity contribution in [3.05, 3.63) is 60.3 Å². The molecule has 0 saturated carbocycles. The van der Waals surface area contributed by atoms with Crippen molar-refractivity contribution in [1.82, 2.24) is 30.5 Å². The molecule has 176 valence electrons. The number of nitrogens with two attached hydrogens (primary N) is 1. The average Bonchev–Trinajstić information content (AvgIpc) is 3.34. The van der Waals surface area contributed by atoms with Crippen molar-refractivity contribution < 1.29 is 18.3 Å². The Morgan fingerprint density at radius 3 is 2.59 bits per heavy atom. The molecule has 0 spiro atoms. The Balaban J connectivity index is 1.68. The van der Waals surface area contributed by atoms with Crippen LogP contribution < -0.4 is 20.5 Å². The third-order valence-electron chi connectivity index (χ3n) is 5.14. The van der Waals surface area contributed by atoms with Gasteiger partial charge in [-0.15, -0.1) is 5.10 Å². The number of rotatable bonds is 9. The van der Waals surface area contributed by atoms with Gasteiger partial charge >= 0.3 is 0 Å². The van der Waals surface area contributed by atoms with Crippen LogP contribution in [0.4, 0.5) is 14.6 Å². The highest BCUT2D eigenvalue weighted by atomic mass is 19.2. The predicted octanol–water partition coefficient (Wildman–Crippen LogP) is 3.25. The van der Waals surface area contributed by atoms with Gasteiger partial charge < -0.3 is 20.5 Å². The Bertz CT molecular complexity index is 1280. The summed E-state index contributed by atoms with van der Waals surface area (Å²) in [6, 6.07) is 11.8. The number of benzene rings is 2. The summed E-state index contributed by atoms with van der Waals surface area (Å²) >= 11 is 0. The van der Waals surface area contributed by atoms with Crippen LogP contribution in [-0.4, -0.2) is 52.5 Å². The van der Waals surface area contributed by atoms with Crippen LogP contribution in [-0.2, 0) is 0 Å². The van der Waals surface area contributed by atoms with Gasteiger partial charge in [0.1, 0.15) is 17.3 Å². The van der Waals surface area contributed by atoms with Crippen molar-refractivity contribution in [2.75, 3.05) is 33.0 Å². The van der Waals surface area contributed by atoms with Crippen molar-refractivity contribution in [1.29, 1.82) is 0 Å². The standard InChI is InChI=1S/C23H23F2N7O2/c1-27-10-3-11-34-19-9-8-18(20(24)21(19)25)32-23(29-30-31-32)17-12-15(13-28-22(17)26)14-4-6-16(33-2)7-5-14/h4-9,12-13,27H,3,10-11H2,1-2H3,(H2,26,28). The summed E-state index contributed by atoms with van der Waals surface area (Å²) in [5.74, 6) is -1.49. The van der Waals surface area contributed by atoms with E-state index in [2.05, 4.69) is 25.8 Å². The number of hydrogen-bond donors (Lipinski definition) is 2. The number of tetrazole rings is 1. The molecule has 0 amide bonds. The van der Waals surface area contributed by atoms with Crippen LogP contribution in [0.3, 0.4) is 0 Å². The number of aromatic nitrogens is 5. The molecule has 2 aromatic carbocycles. The number of nitrogens with one attached hydrogen (secondary N) is 1. The molecule has 11 heteroatoms. The van der Waals surface area contributed by atoms with Crippen LogP contribution in [0.25, 0.3) is 28.2 Å². The number of pyridine rings is 1. The van der Waals surface area contributed by atoms with Gasteiger partial charge in [-0.05, 0) is 66.3 Å². The molecule has 0 aliphatic carbocycles. The van der Waals surface area contributed by atoms with E-state index in [1.807, 2.05) is 24.3 Å². The molecule has 0 unspecified atom stereocenters. The van der Waals surface area contributed by atoms with Crippen molar-refractivity contribution in [3.63, 3.8) is 0 Å². The first-order chi connectivity index (χ1) is 16.5. The first kappa shape index (κ1) is 23.1. The molecule has 0 fully saturated rings. The van der Waals surface area contributed by atoms with Gasteiger partial charge in [0.25, 0.3) is 0 Å². The first-order valence-corrected chi connectivity index (χ1v) is 10.5. The number of nitrogens with zero attached hydrogens (tertiary/aromatic N) is 5. The quantitative estimate of drug-likeness (QED) is 0.361. The fourth-order valence-corrected chi connectivity index (χ4v) is 3.34. The lowest BCUT2D eigenvalue weighted by molar-refractivity contribution is 0.289. The van der Waals surface area contributed by atoms with Crippen molar-refractivity contribution in [3.8, 4) is 39.7 Å². The van der Waals surface area contributed by atoms with E-state index >= 15 is 0 Å². The smallest absolute Gasteiger partial charge is 0.202 e. The van der Waals surface area contributed by atoms with E-state index in [1.165, 1.54) is 12.1 Å². The number of anilines is 1. The lowest BCUT2D eigenvalue weighted by Crippen LogP contribution is -2.12. The van der Waals surface area contributed by atoms with E-state index in [-0.39, 0.29) is 29.7 Å². The highest BCUT2D eigenvalue weighted by Gasteiger charge is 2.22. The highest BCUT2D eigenvalue weighted by molar-refractivity contribution is 5.76. The fraction of sp³-hybridized carbons (Fsp3) is 0.217. The summed E-state index contributed by atoms with van der Waals surface area (Å²) in [7, 11) is 3.38. The van der Waals surface area contributed by atoms with Gasteiger partial charge in [-0.1, -0.05) is 12.1 Å². The van der Waals surface area contributed by atoms with Gasteiger partial charge in [0.15, 0.2) is 17.4 Å². The predicted molar refractivity (Wildman–Crippen MR) is 123 cm³/mol. The fourth-order valence-electron chi connectivity index (χ4n) is 3.34. The largest absolute Gasteiger partial charge is 0.497 e. The van der Waals surface area contributed by atoms with E-state index in [0.717, 1.165) is 15.8 Å². The maximum Gasteiger partial charge on any atom is 0.202 e. The van der Waals surface area contributed by atoms with Crippen LogP contribution in [0.2, 0.25) is 0 Å². The second-order valence-electron chi connectivity index (χ2n) is 7.32. The summed E-state index contributed by atoms with van der Waals surface area (Å²) in [4.78, 5) is 4.24. The molecule has 0 saturated heterocycles. The zero-order valence-electron chi connectivity index (χ0n) is 18.6. The minimum absolute atomic E-state index is 0.112. The Kier molecular flexibility index (Phi) is 6.93. The second kappa shape index (κ2) is 10.2. The number of methoxy groups -OCH3 is 1. The van der Waals surface area contributed by atoms with Crippen LogP contribution in [0, 0.1) is 11.6 Å². The average molecular weight is 467 g/mol. The minimum Gasteiger partial charge on any atom is -0.497 e. The minimum atomic E-state index is -1.14. The molecule has 0 radical (unpaired) electrons. The van der Waals surface area contributed by atoms with Crippen molar-refractivity contribution in [2.45, 2.75) is 6.42 Å². The van der Waals surface area contributed by atoms with Gasteiger partial charge in [0, 0.05) is 11.8 Å². The highest BCUT2D eigenvalue weighted by Crippen LogP contribution is 2.32. The molecule has 0 bridgehead atoms. The lowest BCUT2D eigenvalue weighted by atomic mass is 10.0. The summed E-state index contributed by atoms with van der Waals surface area (Å²) in [5.41, 5.74) is 7.86. The molecule has 4 aromatic rings. The lowest BCUT2D eigenvalue weighted by Gasteiger charge is -2.12.